The van der Waals surface area contributed by atoms with Crippen molar-refractivity contribution in [2.75, 3.05) is 13.7 Å². The van der Waals surface area contributed by atoms with Gasteiger partial charge in [-0.05, 0) is 40.7 Å². The van der Waals surface area contributed by atoms with E-state index in [9.17, 15) is 9.59 Å². The molecule has 0 aliphatic carbocycles. The van der Waals surface area contributed by atoms with Gasteiger partial charge in [-0.3, -0.25) is 15.4 Å². The van der Waals surface area contributed by atoms with Crippen molar-refractivity contribution in [2.45, 2.75) is 45.7 Å². The van der Waals surface area contributed by atoms with Crippen molar-refractivity contribution < 1.29 is 14.3 Å². The molecule has 6 nitrogen and oxygen atoms in total. The SMILES string of the molecule is COc1ccccc1C(C)(C)NCC(=O)NC(=O)NC(C)(C)C. The smallest absolute Gasteiger partial charge is 0.321 e. The molecule has 128 valence electrons. The minimum absolute atomic E-state index is 0.0165. The zero-order valence-electron chi connectivity index (χ0n) is 14.7. The fourth-order valence-electron chi connectivity index (χ4n) is 2.10. The Morgan fingerprint density at radius 1 is 1.09 bits per heavy atom. The van der Waals surface area contributed by atoms with Crippen LogP contribution in [-0.2, 0) is 10.3 Å². The van der Waals surface area contributed by atoms with Gasteiger partial charge in [0.1, 0.15) is 5.75 Å². The van der Waals surface area contributed by atoms with Gasteiger partial charge in [0, 0.05) is 16.6 Å². The van der Waals surface area contributed by atoms with Crippen LogP contribution in [0.2, 0.25) is 0 Å². The molecule has 0 heterocycles. The Morgan fingerprint density at radius 2 is 1.70 bits per heavy atom. The third kappa shape index (κ3) is 6.28. The van der Waals surface area contributed by atoms with Crippen molar-refractivity contribution in [2.24, 2.45) is 0 Å². The number of hydrogen-bond donors (Lipinski definition) is 3. The van der Waals surface area contributed by atoms with Crippen molar-refractivity contribution in [1.82, 2.24) is 16.0 Å². The number of nitrogens with one attached hydrogen (secondary N) is 3. The summed E-state index contributed by atoms with van der Waals surface area (Å²) < 4.78 is 5.35. The highest BCUT2D eigenvalue weighted by Gasteiger charge is 2.25. The molecule has 0 bridgehead atoms. The van der Waals surface area contributed by atoms with Crippen LogP contribution in [0.5, 0.6) is 5.75 Å². The number of carbonyl (C=O) groups is 2. The van der Waals surface area contributed by atoms with Gasteiger partial charge in [0.05, 0.1) is 13.7 Å². The molecule has 0 fully saturated rings. The van der Waals surface area contributed by atoms with Gasteiger partial charge in [-0.2, -0.15) is 0 Å². The molecule has 1 aromatic carbocycles. The lowest BCUT2D eigenvalue weighted by Gasteiger charge is -2.28. The lowest BCUT2D eigenvalue weighted by Crippen LogP contribution is -2.51. The third-order valence-corrected chi connectivity index (χ3v) is 3.21. The first-order valence-electron chi connectivity index (χ1n) is 7.56. The first-order chi connectivity index (χ1) is 10.5. The molecule has 0 atom stereocenters. The van der Waals surface area contributed by atoms with Gasteiger partial charge in [-0.15, -0.1) is 0 Å². The number of urea groups is 1. The Labute approximate surface area is 138 Å². The predicted molar refractivity (Wildman–Crippen MR) is 90.5 cm³/mol. The number of hydrogen-bond acceptors (Lipinski definition) is 4. The Bertz CT molecular complexity index is 562. The molecule has 6 heteroatoms. The molecular formula is C17H27N3O3. The fraction of sp³-hybridized carbons (Fsp3) is 0.529. The first-order valence-corrected chi connectivity index (χ1v) is 7.56. The van der Waals surface area contributed by atoms with Crippen LogP contribution in [0.3, 0.4) is 0 Å². The minimum atomic E-state index is -0.501. The molecular weight excluding hydrogens is 294 g/mol. The van der Waals surface area contributed by atoms with E-state index in [0.717, 1.165) is 11.3 Å². The van der Waals surface area contributed by atoms with E-state index >= 15 is 0 Å². The Morgan fingerprint density at radius 3 is 2.26 bits per heavy atom. The molecule has 3 N–H and O–H groups in total. The van der Waals surface area contributed by atoms with E-state index in [4.69, 9.17) is 4.74 Å². The molecule has 0 aliphatic heterocycles. The number of methoxy groups -OCH3 is 1. The molecule has 0 saturated heterocycles. The second-order valence-electron chi connectivity index (χ2n) is 6.93. The van der Waals surface area contributed by atoms with Crippen LogP contribution in [0.1, 0.15) is 40.2 Å². The van der Waals surface area contributed by atoms with Crippen molar-refractivity contribution >= 4 is 11.9 Å². The van der Waals surface area contributed by atoms with Gasteiger partial charge in [-0.25, -0.2) is 4.79 Å². The summed E-state index contributed by atoms with van der Waals surface area (Å²) in [5.41, 5.74) is 0.0632. The van der Waals surface area contributed by atoms with Crippen LogP contribution in [-0.4, -0.2) is 31.1 Å². The average Bonchev–Trinajstić information content (AvgIpc) is 2.43. The molecule has 0 spiro atoms. The van der Waals surface area contributed by atoms with Crippen molar-refractivity contribution in [3.8, 4) is 5.75 Å². The van der Waals surface area contributed by atoms with E-state index in [2.05, 4.69) is 16.0 Å². The van der Waals surface area contributed by atoms with Crippen LogP contribution >= 0.6 is 0 Å². The highest BCUT2D eigenvalue weighted by atomic mass is 16.5. The molecule has 0 radical (unpaired) electrons. The number of rotatable bonds is 5. The number of amides is 3. The van der Waals surface area contributed by atoms with E-state index < -0.39 is 23.0 Å². The quantitative estimate of drug-likeness (QED) is 0.776. The standard InChI is InChI=1S/C17H27N3O3/c1-16(2,3)20-15(22)19-14(21)11-18-17(4,5)12-9-7-8-10-13(12)23-6/h7-10,18H,11H2,1-6H3,(H2,19,20,21,22). The number of benzene rings is 1. The maximum atomic E-state index is 11.9. The lowest BCUT2D eigenvalue weighted by atomic mass is 9.93. The predicted octanol–water partition coefficient (Wildman–Crippen LogP) is 2.14. The number of para-hydroxylation sites is 1. The molecule has 3 amide bonds. The molecule has 1 rings (SSSR count). The summed E-state index contributed by atoms with van der Waals surface area (Å²) in [7, 11) is 1.61. The normalized spacial score (nSPS) is 11.7. The molecule has 0 aromatic heterocycles. The maximum Gasteiger partial charge on any atom is 0.321 e. The van der Waals surface area contributed by atoms with Gasteiger partial charge >= 0.3 is 6.03 Å². The van der Waals surface area contributed by atoms with Crippen LogP contribution < -0.4 is 20.7 Å². The van der Waals surface area contributed by atoms with Gasteiger partial charge in [0.15, 0.2) is 0 Å². The summed E-state index contributed by atoms with van der Waals surface area (Å²) in [5.74, 6) is 0.352. The van der Waals surface area contributed by atoms with Gasteiger partial charge in [-0.1, -0.05) is 18.2 Å². The van der Waals surface area contributed by atoms with E-state index in [1.54, 1.807) is 7.11 Å². The van der Waals surface area contributed by atoms with E-state index in [1.165, 1.54) is 0 Å². The first kappa shape index (κ1) is 19.0. The molecule has 1 aromatic rings. The zero-order chi connectivity index (χ0) is 17.7. The van der Waals surface area contributed by atoms with E-state index in [1.807, 2.05) is 58.9 Å². The van der Waals surface area contributed by atoms with Crippen molar-refractivity contribution in [3.05, 3.63) is 29.8 Å². The Balaban J connectivity index is 2.62. The Hall–Kier alpha value is -2.08. The van der Waals surface area contributed by atoms with Crippen molar-refractivity contribution in [1.29, 1.82) is 0 Å². The largest absolute Gasteiger partial charge is 0.496 e. The topological polar surface area (TPSA) is 79.5 Å². The van der Waals surface area contributed by atoms with Gasteiger partial charge in [0.25, 0.3) is 0 Å². The van der Waals surface area contributed by atoms with Crippen LogP contribution in [0.25, 0.3) is 0 Å². The van der Waals surface area contributed by atoms with E-state index in [0.29, 0.717) is 0 Å². The monoisotopic (exact) mass is 321 g/mol. The van der Waals surface area contributed by atoms with Gasteiger partial charge in [0.2, 0.25) is 5.91 Å². The second kappa shape index (κ2) is 7.46. The number of carbonyl (C=O) groups excluding carboxylic acids is 2. The molecule has 0 aliphatic rings. The van der Waals surface area contributed by atoms with Gasteiger partial charge < -0.3 is 10.1 Å². The maximum absolute atomic E-state index is 11.9. The van der Waals surface area contributed by atoms with Crippen molar-refractivity contribution in [3.63, 3.8) is 0 Å². The summed E-state index contributed by atoms with van der Waals surface area (Å²) in [5, 5.41) is 8.13. The van der Waals surface area contributed by atoms with Crippen LogP contribution in [0.15, 0.2) is 24.3 Å². The minimum Gasteiger partial charge on any atom is -0.496 e. The summed E-state index contributed by atoms with van der Waals surface area (Å²) >= 11 is 0. The number of imide groups is 1. The lowest BCUT2D eigenvalue weighted by molar-refractivity contribution is -0.119. The Kier molecular flexibility index (Phi) is 6.15. The fourth-order valence-corrected chi connectivity index (χ4v) is 2.10. The highest BCUT2D eigenvalue weighted by Crippen LogP contribution is 2.28. The molecule has 0 saturated carbocycles. The summed E-state index contributed by atoms with van der Waals surface area (Å²) in [6, 6.07) is 7.12. The highest BCUT2D eigenvalue weighted by molar-refractivity contribution is 5.95. The summed E-state index contributed by atoms with van der Waals surface area (Å²) in [6.45, 7) is 9.46. The molecule has 0 unspecified atom stereocenters. The van der Waals surface area contributed by atoms with Crippen LogP contribution in [0.4, 0.5) is 4.79 Å². The summed E-state index contributed by atoms with van der Waals surface area (Å²) in [6.07, 6.45) is 0. The van der Waals surface area contributed by atoms with Crippen LogP contribution in [0, 0.1) is 0 Å². The number of ether oxygens (including phenoxy) is 1. The second-order valence-corrected chi connectivity index (χ2v) is 6.93. The third-order valence-electron chi connectivity index (χ3n) is 3.21. The zero-order valence-corrected chi connectivity index (χ0v) is 14.7. The van der Waals surface area contributed by atoms with E-state index in [-0.39, 0.29) is 6.54 Å². The average molecular weight is 321 g/mol. The molecule has 23 heavy (non-hydrogen) atoms. The summed E-state index contributed by atoms with van der Waals surface area (Å²) in [4.78, 5) is 23.6.